The largest absolute Gasteiger partial charge is 0.479 e. The Kier molecular flexibility index (Phi) is 4.86. The highest BCUT2D eigenvalue weighted by atomic mass is 16.4. The minimum absolute atomic E-state index is 0.0516. The van der Waals surface area contributed by atoms with Crippen LogP contribution in [0.1, 0.15) is 45.1 Å². The molecule has 7 heteroatoms. The fraction of sp³-hybridized carbons (Fsp3) is 0.722. The highest BCUT2D eigenvalue weighted by Gasteiger charge is 2.46. The molecule has 138 valence electrons. The average Bonchev–Trinajstić information content (AvgIpc) is 3.23. The van der Waals surface area contributed by atoms with Crippen molar-refractivity contribution in [3.63, 3.8) is 0 Å². The van der Waals surface area contributed by atoms with Crippen molar-refractivity contribution >= 4 is 11.9 Å². The van der Waals surface area contributed by atoms with E-state index in [1.54, 1.807) is 17.1 Å². The molecule has 2 saturated heterocycles. The van der Waals surface area contributed by atoms with Crippen molar-refractivity contribution in [2.45, 2.75) is 64.1 Å². The SMILES string of the molecule is Cc1cnn(C2(C(=O)O)CCN(C(=O)[C@@H]3CCCN3C(C)C)CC2)c1. The number of aryl methyl sites for hydroxylation is 1. The van der Waals surface area contributed by atoms with Crippen molar-refractivity contribution in [2.24, 2.45) is 0 Å². The fourth-order valence-corrected chi connectivity index (χ4v) is 4.17. The molecule has 0 radical (unpaired) electrons. The molecule has 0 aromatic carbocycles. The van der Waals surface area contributed by atoms with Crippen LogP contribution in [0.3, 0.4) is 0 Å². The maximum Gasteiger partial charge on any atom is 0.331 e. The topological polar surface area (TPSA) is 78.7 Å². The van der Waals surface area contributed by atoms with Crippen LogP contribution in [0.4, 0.5) is 0 Å². The first-order chi connectivity index (χ1) is 11.8. The second-order valence-electron chi connectivity index (χ2n) is 7.61. The molecule has 1 aromatic rings. The van der Waals surface area contributed by atoms with Crippen molar-refractivity contribution in [1.29, 1.82) is 0 Å². The lowest BCUT2D eigenvalue weighted by molar-refractivity contribution is -0.154. The number of amides is 1. The molecule has 1 N–H and O–H groups in total. The van der Waals surface area contributed by atoms with Crippen molar-refractivity contribution in [1.82, 2.24) is 19.6 Å². The zero-order valence-corrected chi connectivity index (χ0v) is 15.3. The van der Waals surface area contributed by atoms with Crippen LogP contribution in [0.5, 0.6) is 0 Å². The van der Waals surface area contributed by atoms with E-state index < -0.39 is 11.5 Å². The monoisotopic (exact) mass is 348 g/mol. The predicted octanol–water partition coefficient (Wildman–Crippen LogP) is 1.47. The molecular formula is C18H28N4O3. The lowest BCUT2D eigenvalue weighted by atomic mass is 9.87. The van der Waals surface area contributed by atoms with Gasteiger partial charge in [0.25, 0.3) is 0 Å². The van der Waals surface area contributed by atoms with Gasteiger partial charge in [-0.15, -0.1) is 0 Å². The molecule has 25 heavy (non-hydrogen) atoms. The summed E-state index contributed by atoms with van der Waals surface area (Å²) in [5.41, 5.74) is -0.101. The van der Waals surface area contributed by atoms with Gasteiger partial charge in [0.05, 0.1) is 12.2 Å². The molecular weight excluding hydrogens is 320 g/mol. The Morgan fingerprint density at radius 2 is 1.96 bits per heavy atom. The minimum atomic E-state index is -1.04. The van der Waals surface area contributed by atoms with Gasteiger partial charge in [0.1, 0.15) is 0 Å². The third-order valence-corrected chi connectivity index (χ3v) is 5.69. The Labute approximate surface area is 148 Å². The maximum absolute atomic E-state index is 13.0. The van der Waals surface area contributed by atoms with Crippen LogP contribution in [-0.4, -0.2) is 68.3 Å². The van der Waals surface area contributed by atoms with Gasteiger partial charge in [-0.1, -0.05) is 0 Å². The zero-order chi connectivity index (χ0) is 18.2. The molecule has 0 bridgehead atoms. The van der Waals surface area contributed by atoms with E-state index in [-0.39, 0.29) is 11.9 Å². The number of hydrogen-bond acceptors (Lipinski definition) is 4. The summed E-state index contributed by atoms with van der Waals surface area (Å²) >= 11 is 0. The highest BCUT2D eigenvalue weighted by Crippen LogP contribution is 2.32. The number of carbonyl (C=O) groups is 2. The van der Waals surface area contributed by atoms with Crippen LogP contribution >= 0.6 is 0 Å². The van der Waals surface area contributed by atoms with E-state index in [9.17, 15) is 14.7 Å². The summed E-state index contributed by atoms with van der Waals surface area (Å²) in [6.45, 7) is 8.04. The number of aliphatic carboxylic acids is 1. The molecule has 2 fully saturated rings. The normalized spacial score (nSPS) is 24.0. The smallest absolute Gasteiger partial charge is 0.331 e. The maximum atomic E-state index is 13.0. The van der Waals surface area contributed by atoms with Crippen molar-refractivity contribution in [3.8, 4) is 0 Å². The molecule has 7 nitrogen and oxygen atoms in total. The van der Waals surface area contributed by atoms with Gasteiger partial charge in [0.2, 0.25) is 5.91 Å². The summed E-state index contributed by atoms with van der Waals surface area (Å²) in [5, 5.41) is 14.1. The summed E-state index contributed by atoms with van der Waals surface area (Å²) in [6.07, 6.45) is 6.20. The van der Waals surface area contributed by atoms with Gasteiger partial charge in [-0.2, -0.15) is 5.10 Å². The highest BCUT2D eigenvalue weighted by molar-refractivity contribution is 5.83. The first kappa shape index (κ1) is 17.9. The molecule has 0 aliphatic carbocycles. The standard InChI is InChI=1S/C18H28N4O3/c1-13(2)21-8-4-5-15(21)16(23)20-9-6-18(7-10-20,17(24)25)22-12-14(3)11-19-22/h11-13,15H,4-10H2,1-3H3,(H,24,25)/t15-/m0/s1. The van der Waals surface area contributed by atoms with E-state index in [0.29, 0.717) is 32.0 Å². The molecule has 1 atom stereocenters. The van der Waals surface area contributed by atoms with Gasteiger partial charge in [-0.25, -0.2) is 4.79 Å². The van der Waals surface area contributed by atoms with Gasteiger partial charge in [0.15, 0.2) is 5.54 Å². The van der Waals surface area contributed by atoms with E-state index >= 15 is 0 Å². The number of hydrogen-bond donors (Lipinski definition) is 1. The molecule has 3 heterocycles. The van der Waals surface area contributed by atoms with Crippen LogP contribution in [0.25, 0.3) is 0 Å². The van der Waals surface area contributed by atoms with Gasteiger partial charge in [0, 0.05) is 38.2 Å². The summed E-state index contributed by atoms with van der Waals surface area (Å²) in [7, 11) is 0. The summed E-state index contributed by atoms with van der Waals surface area (Å²) in [4.78, 5) is 29.1. The van der Waals surface area contributed by atoms with E-state index in [1.807, 2.05) is 11.8 Å². The minimum Gasteiger partial charge on any atom is -0.479 e. The first-order valence-corrected chi connectivity index (χ1v) is 9.15. The molecule has 3 rings (SSSR count). The van der Waals surface area contributed by atoms with E-state index in [2.05, 4.69) is 23.8 Å². The van der Waals surface area contributed by atoms with Crippen molar-refractivity contribution < 1.29 is 14.7 Å². The predicted molar refractivity (Wildman–Crippen MR) is 93.3 cm³/mol. The lowest BCUT2D eigenvalue weighted by Crippen LogP contribution is -2.55. The Morgan fingerprint density at radius 1 is 1.28 bits per heavy atom. The number of rotatable bonds is 4. The van der Waals surface area contributed by atoms with Crippen LogP contribution in [-0.2, 0) is 15.1 Å². The Hall–Kier alpha value is -1.89. The second kappa shape index (κ2) is 6.78. The van der Waals surface area contributed by atoms with Gasteiger partial charge >= 0.3 is 5.97 Å². The second-order valence-corrected chi connectivity index (χ2v) is 7.61. The number of nitrogens with zero attached hydrogens (tertiary/aromatic N) is 4. The summed E-state index contributed by atoms with van der Waals surface area (Å²) in [6, 6.07) is 0.302. The number of carboxylic acid groups (broad SMARTS) is 1. The third kappa shape index (κ3) is 3.17. The quantitative estimate of drug-likeness (QED) is 0.891. The lowest BCUT2D eigenvalue weighted by Gasteiger charge is -2.41. The first-order valence-electron chi connectivity index (χ1n) is 9.15. The molecule has 1 amide bonds. The van der Waals surface area contributed by atoms with Crippen LogP contribution in [0.15, 0.2) is 12.4 Å². The number of likely N-dealkylation sites (tertiary alicyclic amines) is 2. The van der Waals surface area contributed by atoms with E-state index in [4.69, 9.17) is 0 Å². The number of carbonyl (C=O) groups excluding carboxylic acids is 1. The van der Waals surface area contributed by atoms with Crippen LogP contribution < -0.4 is 0 Å². The number of aromatic nitrogens is 2. The molecule has 1 aromatic heterocycles. The number of piperidine rings is 1. The van der Waals surface area contributed by atoms with Gasteiger partial charge in [-0.3, -0.25) is 14.4 Å². The van der Waals surface area contributed by atoms with Crippen LogP contribution in [0, 0.1) is 6.92 Å². The molecule has 2 aliphatic rings. The Morgan fingerprint density at radius 3 is 2.48 bits per heavy atom. The van der Waals surface area contributed by atoms with Gasteiger partial charge < -0.3 is 10.0 Å². The zero-order valence-electron chi connectivity index (χ0n) is 15.3. The van der Waals surface area contributed by atoms with E-state index in [0.717, 1.165) is 24.9 Å². The van der Waals surface area contributed by atoms with E-state index in [1.165, 1.54) is 0 Å². The molecule has 0 spiro atoms. The molecule has 0 unspecified atom stereocenters. The molecule has 2 aliphatic heterocycles. The van der Waals surface area contributed by atoms with Gasteiger partial charge in [-0.05, 0) is 45.7 Å². The summed E-state index contributed by atoms with van der Waals surface area (Å²) < 4.78 is 1.57. The Bertz CT molecular complexity index is 647. The Balaban J connectivity index is 1.72. The van der Waals surface area contributed by atoms with Crippen molar-refractivity contribution in [3.05, 3.63) is 18.0 Å². The molecule has 0 saturated carbocycles. The third-order valence-electron chi connectivity index (χ3n) is 5.69. The summed E-state index contributed by atoms with van der Waals surface area (Å²) in [5.74, 6) is -0.714. The van der Waals surface area contributed by atoms with Crippen LogP contribution in [0.2, 0.25) is 0 Å². The average molecular weight is 348 g/mol. The fourth-order valence-electron chi connectivity index (χ4n) is 4.17. The number of carboxylic acids is 1. The van der Waals surface area contributed by atoms with Crippen molar-refractivity contribution in [2.75, 3.05) is 19.6 Å².